The summed E-state index contributed by atoms with van der Waals surface area (Å²) in [6, 6.07) is 3.78. The number of benzene rings is 1. The number of carbonyl (C=O) groups excluding carboxylic acids is 1. The number of nitrogen functional groups attached to an aromatic ring is 1. The molecule has 4 rings (SSSR count). The Morgan fingerprint density at radius 2 is 1.97 bits per heavy atom. The number of hydrogen-bond acceptors (Lipinski definition) is 5. The topological polar surface area (TPSA) is 110 Å². The van der Waals surface area contributed by atoms with Crippen molar-refractivity contribution >= 4 is 39.8 Å². The quantitative estimate of drug-likeness (QED) is 0.484. The minimum absolute atomic E-state index is 0.00272. The van der Waals surface area contributed by atoms with Crippen LogP contribution in [0.15, 0.2) is 18.2 Å². The van der Waals surface area contributed by atoms with Crippen LogP contribution in [0.3, 0.4) is 0 Å². The van der Waals surface area contributed by atoms with Crippen LogP contribution >= 0.6 is 11.6 Å². The van der Waals surface area contributed by atoms with Crippen molar-refractivity contribution in [2.75, 3.05) is 22.6 Å². The molecule has 2 aromatic rings. The molecule has 2 aliphatic rings. The van der Waals surface area contributed by atoms with Crippen LogP contribution in [-0.4, -0.2) is 48.3 Å². The number of amides is 1. The van der Waals surface area contributed by atoms with Gasteiger partial charge < -0.3 is 16.2 Å². The van der Waals surface area contributed by atoms with E-state index in [2.05, 4.69) is 10.4 Å². The van der Waals surface area contributed by atoms with Crippen LogP contribution in [-0.2, 0) is 17.8 Å². The third-order valence-electron chi connectivity index (χ3n) is 6.79. The molecule has 7 nitrogen and oxygen atoms in total. The summed E-state index contributed by atoms with van der Waals surface area (Å²) in [6.45, 7) is 0. The maximum absolute atomic E-state index is 13.4. The molecule has 0 aliphatic heterocycles. The largest absolute Gasteiger partial charge is 0.400 e. The number of aliphatic hydroxyl groups is 1. The van der Waals surface area contributed by atoms with Crippen molar-refractivity contribution < 1.29 is 31.7 Å². The second-order valence-corrected chi connectivity index (χ2v) is 11.4. The highest BCUT2D eigenvalue weighted by Crippen LogP contribution is 2.54. The van der Waals surface area contributed by atoms with E-state index in [1.54, 1.807) is 7.05 Å². The van der Waals surface area contributed by atoms with E-state index in [9.17, 15) is 31.7 Å². The number of halogens is 5. The number of rotatable bonds is 6. The van der Waals surface area contributed by atoms with Crippen molar-refractivity contribution in [3.63, 3.8) is 0 Å². The van der Waals surface area contributed by atoms with Crippen molar-refractivity contribution in [2.24, 2.45) is 18.9 Å². The van der Waals surface area contributed by atoms with E-state index >= 15 is 0 Å². The first-order valence-corrected chi connectivity index (χ1v) is 12.8. The zero-order valence-electron chi connectivity index (χ0n) is 18.7. The molecule has 13 heteroatoms. The predicted molar refractivity (Wildman–Crippen MR) is 124 cm³/mol. The smallest absolute Gasteiger partial charge is 0.389 e. The van der Waals surface area contributed by atoms with Gasteiger partial charge in [-0.2, -0.15) is 18.3 Å². The summed E-state index contributed by atoms with van der Waals surface area (Å²) in [7, 11) is -0.591. The Hall–Kier alpha value is -2.18. The molecule has 4 unspecified atom stereocenters. The van der Waals surface area contributed by atoms with Crippen molar-refractivity contribution in [1.82, 2.24) is 9.78 Å². The van der Waals surface area contributed by atoms with Gasteiger partial charge in [0.15, 0.2) is 0 Å². The summed E-state index contributed by atoms with van der Waals surface area (Å²) in [5.41, 5.74) is 5.71. The zero-order chi connectivity index (χ0) is 25.7. The van der Waals surface area contributed by atoms with E-state index in [4.69, 9.17) is 17.3 Å². The summed E-state index contributed by atoms with van der Waals surface area (Å²) in [6.07, 6.45) is -2.92. The standard InChI is InChI=1S/C22H25ClF4N4O3S/c1-31-19(28)17(20(32)29-14-2-3-16(24)15(23)6-14)18(30-31)11-4-12-7-21(33,8-13(12)5-11)9-35(34)10-22(25,26)27/h2-3,6,11-13,33H,4-5,7-10,28H2,1H3,(H,29,32)/t11?,12-,13?,21?,35?/m0/s1. The average molecular weight is 537 g/mol. The predicted octanol–water partition coefficient (Wildman–Crippen LogP) is 3.99. The fourth-order valence-corrected chi connectivity index (χ4v) is 6.97. The molecule has 1 aromatic carbocycles. The lowest BCUT2D eigenvalue weighted by Gasteiger charge is -2.24. The molecule has 1 amide bonds. The number of nitrogens with zero attached hydrogens (tertiary/aromatic N) is 2. The summed E-state index contributed by atoms with van der Waals surface area (Å²) < 4.78 is 64.4. The van der Waals surface area contributed by atoms with Crippen LogP contribution in [0.4, 0.5) is 29.1 Å². The number of nitrogens with one attached hydrogen (secondary N) is 1. The number of hydrogen-bond donors (Lipinski definition) is 3. The molecule has 192 valence electrons. The first kappa shape index (κ1) is 25.9. The van der Waals surface area contributed by atoms with Crippen molar-refractivity contribution in [3.8, 4) is 0 Å². The highest BCUT2D eigenvalue weighted by atomic mass is 35.5. The van der Waals surface area contributed by atoms with Gasteiger partial charge in [0.25, 0.3) is 5.91 Å². The lowest BCUT2D eigenvalue weighted by Crippen LogP contribution is -2.36. The first-order valence-electron chi connectivity index (χ1n) is 11.0. The van der Waals surface area contributed by atoms with Crippen LogP contribution in [0.1, 0.15) is 47.7 Å². The Bertz CT molecular complexity index is 1160. The van der Waals surface area contributed by atoms with Crippen LogP contribution in [0, 0.1) is 17.7 Å². The normalized spacial score (nSPS) is 27.1. The molecular weight excluding hydrogens is 512 g/mol. The number of carbonyl (C=O) groups is 1. The maximum Gasteiger partial charge on any atom is 0.400 e. The molecule has 2 aliphatic carbocycles. The monoisotopic (exact) mass is 536 g/mol. The SMILES string of the molecule is Cn1nc(C2CC3CC(O)(CS(=O)CC(F)(F)F)C[C@@H]3C2)c(C(=O)Nc2ccc(F)c(Cl)c2)c1N. The molecule has 4 N–H and O–H groups in total. The molecule has 0 radical (unpaired) electrons. The Labute approximate surface area is 206 Å². The number of fused-ring (bicyclic) bond motifs is 1. The summed E-state index contributed by atoms with van der Waals surface area (Å²) in [5, 5.41) is 17.8. The Morgan fingerprint density at radius 1 is 1.34 bits per heavy atom. The van der Waals surface area contributed by atoms with Gasteiger partial charge >= 0.3 is 6.18 Å². The maximum atomic E-state index is 13.4. The zero-order valence-corrected chi connectivity index (χ0v) is 20.3. The molecule has 2 saturated carbocycles. The number of anilines is 2. The molecule has 0 bridgehead atoms. The van der Waals surface area contributed by atoms with E-state index in [1.807, 2.05) is 0 Å². The fraction of sp³-hybridized carbons (Fsp3) is 0.545. The Balaban J connectivity index is 1.46. The second kappa shape index (κ2) is 9.36. The van der Waals surface area contributed by atoms with Gasteiger partial charge in [0.1, 0.15) is 23.0 Å². The highest BCUT2D eigenvalue weighted by Gasteiger charge is 2.51. The second-order valence-electron chi connectivity index (χ2n) is 9.52. The van der Waals surface area contributed by atoms with E-state index < -0.39 is 45.8 Å². The highest BCUT2D eigenvalue weighted by molar-refractivity contribution is 7.85. The fourth-order valence-electron chi connectivity index (χ4n) is 5.49. The van der Waals surface area contributed by atoms with Gasteiger partial charge in [0.2, 0.25) is 0 Å². The number of nitrogens with two attached hydrogens (primary N) is 1. The molecule has 35 heavy (non-hydrogen) atoms. The van der Waals surface area contributed by atoms with E-state index in [-0.39, 0.29) is 52.7 Å². The van der Waals surface area contributed by atoms with Gasteiger partial charge in [-0.3, -0.25) is 13.7 Å². The molecule has 2 fully saturated rings. The molecule has 0 saturated heterocycles. The Kier molecular flexibility index (Phi) is 6.93. The van der Waals surface area contributed by atoms with Crippen LogP contribution in [0.5, 0.6) is 0 Å². The molecule has 0 spiro atoms. The van der Waals surface area contributed by atoms with E-state index in [0.717, 1.165) is 6.07 Å². The number of alkyl halides is 3. The van der Waals surface area contributed by atoms with Gasteiger partial charge in [-0.05, 0) is 55.7 Å². The summed E-state index contributed by atoms with van der Waals surface area (Å²) in [4.78, 5) is 13.1. The van der Waals surface area contributed by atoms with Crippen LogP contribution < -0.4 is 11.1 Å². The van der Waals surface area contributed by atoms with Gasteiger partial charge in [0, 0.05) is 29.5 Å². The first-order chi connectivity index (χ1) is 16.2. The number of aromatic nitrogens is 2. The van der Waals surface area contributed by atoms with E-state index in [0.29, 0.717) is 18.5 Å². The van der Waals surface area contributed by atoms with Crippen LogP contribution in [0.25, 0.3) is 0 Å². The Morgan fingerprint density at radius 3 is 2.54 bits per heavy atom. The lowest BCUT2D eigenvalue weighted by atomic mass is 9.92. The van der Waals surface area contributed by atoms with Gasteiger partial charge in [0.05, 0.1) is 22.1 Å². The van der Waals surface area contributed by atoms with E-state index in [1.165, 1.54) is 16.8 Å². The van der Waals surface area contributed by atoms with Gasteiger partial charge in [-0.1, -0.05) is 11.6 Å². The lowest BCUT2D eigenvalue weighted by molar-refractivity contribution is -0.105. The minimum Gasteiger partial charge on any atom is -0.389 e. The van der Waals surface area contributed by atoms with Crippen LogP contribution in [0.2, 0.25) is 5.02 Å². The average Bonchev–Trinajstić information content (AvgIpc) is 3.32. The van der Waals surface area contributed by atoms with Crippen molar-refractivity contribution in [1.29, 1.82) is 0 Å². The van der Waals surface area contributed by atoms with Gasteiger partial charge in [-0.25, -0.2) is 4.39 Å². The molecule has 5 atom stereocenters. The molecule has 1 aromatic heterocycles. The summed E-state index contributed by atoms with van der Waals surface area (Å²) >= 11 is 5.79. The number of aryl methyl sites for hydroxylation is 1. The van der Waals surface area contributed by atoms with Gasteiger partial charge in [-0.15, -0.1) is 0 Å². The minimum atomic E-state index is -4.55. The molecular formula is C22H25ClF4N4O3S. The third kappa shape index (κ3) is 5.64. The third-order valence-corrected chi connectivity index (χ3v) is 8.59. The van der Waals surface area contributed by atoms with Crippen molar-refractivity contribution in [3.05, 3.63) is 40.3 Å². The summed E-state index contributed by atoms with van der Waals surface area (Å²) in [5.74, 6) is -2.97. The van der Waals surface area contributed by atoms with Crippen molar-refractivity contribution in [2.45, 2.75) is 43.4 Å². The molecule has 1 heterocycles.